The molecule has 1 N–H and O–H groups in total. The molecule has 0 aromatic carbocycles. The Bertz CT molecular complexity index is 1040. The Morgan fingerprint density at radius 3 is 1.94 bits per heavy atom. The Hall–Kier alpha value is -2.07. The summed E-state index contributed by atoms with van der Waals surface area (Å²) in [5.74, 6) is -0.906. The van der Waals surface area contributed by atoms with E-state index in [1.54, 1.807) is 6.08 Å². The van der Waals surface area contributed by atoms with E-state index in [0.717, 1.165) is 77.0 Å². The first kappa shape index (κ1) is 48.9. The standard InChI is InChI=1S/C40H72NO9P/c1-6-8-10-11-12-13-14-17-21-24-28-32-40(44)50-38(36-49-51(45,46)48-34-33-41(3,4)5)35-47-39(43)31-27-23-20-18-15-16-19-22-26-30-37(42)29-25-9-7-2/h9,11-12,19,22,25-26,30,37-38,42H,6-8,10,13-18,20-21,23-24,27-29,31-36H2,1-5H3/b12-11-,22-19+,25-9+,30-26+/t37?,38-/m1/s1. The van der Waals surface area contributed by atoms with Crippen molar-refractivity contribution in [1.82, 2.24) is 0 Å². The first-order chi connectivity index (χ1) is 24.4. The predicted octanol–water partition coefficient (Wildman–Crippen LogP) is 8.69. The lowest BCUT2D eigenvalue weighted by atomic mass is 10.1. The van der Waals surface area contributed by atoms with Gasteiger partial charge >= 0.3 is 11.9 Å². The summed E-state index contributed by atoms with van der Waals surface area (Å²) >= 11 is 0. The average molecular weight is 742 g/mol. The van der Waals surface area contributed by atoms with Crippen LogP contribution in [0.4, 0.5) is 0 Å². The minimum Gasteiger partial charge on any atom is -0.756 e. The van der Waals surface area contributed by atoms with Gasteiger partial charge in [0.05, 0.1) is 33.9 Å². The van der Waals surface area contributed by atoms with Gasteiger partial charge in [0.1, 0.15) is 19.8 Å². The molecule has 0 heterocycles. The quantitative estimate of drug-likeness (QED) is 0.0172. The van der Waals surface area contributed by atoms with Gasteiger partial charge in [-0.2, -0.15) is 0 Å². The number of carbonyl (C=O) groups excluding carboxylic acids is 2. The number of hydrogen-bond acceptors (Lipinski definition) is 9. The van der Waals surface area contributed by atoms with Crippen molar-refractivity contribution in [2.45, 2.75) is 148 Å². The molecule has 0 aliphatic carbocycles. The van der Waals surface area contributed by atoms with Crippen LogP contribution in [0.25, 0.3) is 0 Å². The molecular weight excluding hydrogens is 669 g/mol. The molecule has 0 bridgehead atoms. The fraction of sp³-hybridized carbons (Fsp3) is 0.750. The topological polar surface area (TPSA) is 131 Å². The van der Waals surface area contributed by atoms with Crippen LogP contribution in [-0.4, -0.2) is 81.2 Å². The largest absolute Gasteiger partial charge is 0.756 e. The molecule has 0 saturated carbocycles. The lowest BCUT2D eigenvalue weighted by Gasteiger charge is -2.28. The fourth-order valence-corrected chi connectivity index (χ4v) is 5.52. The van der Waals surface area contributed by atoms with Crippen LogP contribution in [0, 0.1) is 0 Å². The number of likely N-dealkylation sites (N-methyl/N-ethyl adjacent to an activating group) is 1. The van der Waals surface area contributed by atoms with Gasteiger partial charge in [0.2, 0.25) is 0 Å². The van der Waals surface area contributed by atoms with Crippen molar-refractivity contribution in [3.63, 3.8) is 0 Å². The van der Waals surface area contributed by atoms with Gasteiger partial charge in [-0.05, 0) is 57.8 Å². The lowest BCUT2D eigenvalue weighted by Crippen LogP contribution is -2.37. The molecule has 11 heteroatoms. The zero-order valence-corrected chi connectivity index (χ0v) is 33.5. The van der Waals surface area contributed by atoms with E-state index in [0.29, 0.717) is 30.3 Å². The third kappa shape index (κ3) is 36.1. The smallest absolute Gasteiger partial charge is 0.306 e. The second kappa shape index (κ2) is 32.6. The summed E-state index contributed by atoms with van der Waals surface area (Å²) in [6.07, 6.45) is 31.9. The van der Waals surface area contributed by atoms with E-state index >= 15 is 0 Å². The third-order valence-electron chi connectivity index (χ3n) is 7.91. The summed E-state index contributed by atoms with van der Waals surface area (Å²) in [5.41, 5.74) is 0. The number of hydrogen-bond donors (Lipinski definition) is 1. The molecule has 0 amide bonds. The van der Waals surface area contributed by atoms with E-state index in [2.05, 4.69) is 32.1 Å². The van der Waals surface area contributed by atoms with Gasteiger partial charge in [0, 0.05) is 12.8 Å². The SMILES string of the molecule is CC/C=C/CC(O)/C=C/C=C/CCCCCCCC(=O)OC[C@H](COP(=O)([O-])OCC[N+](C)(C)C)OC(=O)CCCCCCC/C=C\CCCC. The van der Waals surface area contributed by atoms with Crippen molar-refractivity contribution >= 4 is 19.8 Å². The van der Waals surface area contributed by atoms with Crippen molar-refractivity contribution in [2.75, 3.05) is 47.5 Å². The van der Waals surface area contributed by atoms with Crippen molar-refractivity contribution in [2.24, 2.45) is 0 Å². The van der Waals surface area contributed by atoms with E-state index in [1.165, 1.54) is 12.8 Å². The summed E-state index contributed by atoms with van der Waals surface area (Å²) < 4.78 is 33.7. The Balaban J connectivity index is 4.50. The summed E-state index contributed by atoms with van der Waals surface area (Å²) in [6, 6.07) is 0. The van der Waals surface area contributed by atoms with Crippen LogP contribution in [-0.2, 0) is 32.7 Å². The number of aliphatic hydroxyl groups excluding tert-OH is 1. The van der Waals surface area contributed by atoms with Crippen LogP contribution >= 0.6 is 7.82 Å². The van der Waals surface area contributed by atoms with Crippen LogP contribution in [0.2, 0.25) is 0 Å². The van der Waals surface area contributed by atoms with E-state index in [9.17, 15) is 24.2 Å². The van der Waals surface area contributed by atoms with Crippen molar-refractivity contribution in [1.29, 1.82) is 0 Å². The van der Waals surface area contributed by atoms with Crippen molar-refractivity contribution < 1.29 is 47.2 Å². The van der Waals surface area contributed by atoms with Gasteiger partial charge in [-0.3, -0.25) is 14.2 Å². The maximum atomic E-state index is 12.6. The predicted molar refractivity (Wildman–Crippen MR) is 205 cm³/mol. The van der Waals surface area contributed by atoms with Crippen LogP contribution < -0.4 is 4.89 Å². The molecule has 2 unspecified atom stereocenters. The number of allylic oxidation sites excluding steroid dienone is 6. The zero-order chi connectivity index (χ0) is 38.1. The number of unbranched alkanes of at least 4 members (excludes halogenated alkanes) is 12. The molecule has 3 atom stereocenters. The molecule has 0 aromatic rings. The Morgan fingerprint density at radius 2 is 1.31 bits per heavy atom. The van der Waals surface area contributed by atoms with Crippen molar-refractivity contribution in [3.05, 3.63) is 48.6 Å². The highest BCUT2D eigenvalue weighted by Gasteiger charge is 2.21. The van der Waals surface area contributed by atoms with E-state index in [4.69, 9.17) is 18.5 Å². The number of nitrogens with zero attached hydrogens (tertiary/aromatic N) is 1. The molecule has 10 nitrogen and oxygen atoms in total. The highest BCUT2D eigenvalue weighted by atomic mass is 31.2. The molecule has 0 aliphatic rings. The van der Waals surface area contributed by atoms with E-state index in [-0.39, 0.29) is 26.1 Å². The maximum Gasteiger partial charge on any atom is 0.306 e. The molecule has 0 radical (unpaired) electrons. The van der Waals surface area contributed by atoms with Gasteiger partial charge in [0.25, 0.3) is 7.82 Å². The highest BCUT2D eigenvalue weighted by Crippen LogP contribution is 2.38. The molecular formula is C40H72NO9P. The average Bonchev–Trinajstić information content (AvgIpc) is 3.06. The molecule has 296 valence electrons. The van der Waals surface area contributed by atoms with Gasteiger partial charge in [-0.25, -0.2) is 0 Å². The minimum absolute atomic E-state index is 0.0463. The minimum atomic E-state index is -4.64. The Labute approximate surface area is 310 Å². The molecule has 51 heavy (non-hydrogen) atoms. The number of aliphatic hydroxyl groups is 1. The van der Waals surface area contributed by atoms with Gasteiger partial charge in [0.15, 0.2) is 6.10 Å². The van der Waals surface area contributed by atoms with Gasteiger partial charge < -0.3 is 33.0 Å². The number of quaternary nitrogens is 1. The third-order valence-corrected chi connectivity index (χ3v) is 8.88. The normalized spacial score (nSPS) is 14.9. The highest BCUT2D eigenvalue weighted by molar-refractivity contribution is 7.45. The summed E-state index contributed by atoms with van der Waals surface area (Å²) in [5, 5.41) is 9.86. The zero-order valence-electron chi connectivity index (χ0n) is 32.6. The van der Waals surface area contributed by atoms with Crippen LogP contribution in [0.3, 0.4) is 0 Å². The molecule has 0 aromatic heterocycles. The molecule has 0 saturated heterocycles. The number of phosphoric ester groups is 1. The number of carbonyl (C=O) groups is 2. The number of rotatable bonds is 34. The Kier molecular flexibility index (Phi) is 31.2. The number of phosphoric acid groups is 1. The maximum absolute atomic E-state index is 12.6. The van der Waals surface area contributed by atoms with Gasteiger partial charge in [-0.15, -0.1) is 0 Å². The van der Waals surface area contributed by atoms with Crippen LogP contribution in [0.5, 0.6) is 0 Å². The summed E-state index contributed by atoms with van der Waals surface area (Å²) in [7, 11) is 1.11. The second-order valence-corrected chi connectivity index (χ2v) is 15.5. The van der Waals surface area contributed by atoms with Crippen molar-refractivity contribution in [3.8, 4) is 0 Å². The van der Waals surface area contributed by atoms with E-state index in [1.807, 2.05) is 45.4 Å². The summed E-state index contributed by atoms with van der Waals surface area (Å²) in [4.78, 5) is 37.3. The monoisotopic (exact) mass is 741 g/mol. The Morgan fingerprint density at radius 1 is 0.725 bits per heavy atom. The molecule has 0 aliphatic heterocycles. The summed E-state index contributed by atoms with van der Waals surface area (Å²) in [6.45, 7) is 3.89. The fourth-order valence-electron chi connectivity index (χ4n) is 4.79. The number of ether oxygens (including phenoxy) is 2. The molecule has 0 fully saturated rings. The molecule has 0 rings (SSSR count). The molecule has 0 spiro atoms. The van der Waals surface area contributed by atoms with E-state index < -0.39 is 38.6 Å². The second-order valence-electron chi connectivity index (χ2n) is 14.1. The lowest BCUT2D eigenvalue weighted by molar-refractivity contribution is -0.870. The first-order valence-electron chi connectivity index (χ1n) is 19.5. The first-order valence-corrected chi connectivity index (χ1v) is 20.9. The van der Waals surface area contributed by atoms with Gasteiger partial charge in [-0.1, -0.05) is 114 Å². The van der Waals surface area contributed by atoms with Crippen LogP contribution in [0.15, 0.2) is 48.6 Å². The number of esters is 2. The van der Waals surface area contributed by atoms with Crippen LogP contribution in [0.1, 0.15) is 136 Å².